The molecule has 3 N–H and O–H groups in total. The molecule has 1 aromatic carbocycles. The van der Waals surface area contributed by atoms with E-state index in [9.17, 15) is 9.59 Å². The van der Waals surface area contributed by atoms with Crippen molar-refractivity contribution in [3.05, 3.63) is 46.8 Å². The van der Waals surface area contributed by atoms with E-state index >= 15 is 0 Å². The Bertz CT molecular complexity index is 734. The molecule has 0 unspecified atom stereocenters. The first-order valence-electron chi connectivity index (χ1n) is 6.92. The van der Waals surface area contributed by atoms with Crippen LogP contribution in [0.25, 0.3) is 5.69 Å². The van der Waals surface area contributed by atoms with Crippen molar-refractivity contribution in [3.8, 4) is 5.69 Å². The van der Waals surface area contributed by atoms with Crippen LogP contribution in [0.3, 0.4) is 0 Å². The second kappa shape index (κ2) is 5.61. The summed E-state index contributed by atoms with van der Waals surface area (Å²) in [6, 6.07) is 6.87. The Hall–Kier alpha value is -2.67. The number of nitrogens with zero attached hydrogens (tertiary/aromatic N) is 2. The SMILES string of the molecule is COC(=O)c1ccc(-n2nc(C(N)=O)c3c2CCNC3)cc1. The van der Waals surface area contributed by atoms with Crippen molar-refractivity contribution in [3.63, 3.8) is 0 Å². The number of benzene rings is 1. The van der Waals surface area contributed by atoms with Crippen molar-refractivity contribution < 1.29 is 14.3 Å². The van der Waals surface area contributed by atoms with Crippen LogP contribution in [0.2, 0.25) is 0 Å². The average Bonchev–Trinajstić information content (AvgIpc) is 2.94. The zero-order valence-electron chi connectivity index (χ0n) is 12.1. The van der Waals surface area contributed by atoms with E-state index in [2.05, 4.69) is 15.2 Å². The van der Waals surface area contributed by atoms with Gasteiger partial charge in [-0.1, -0.05) is 0 Å². The molecule has 0 saturated carbocycles. The second-order valence-corrected chi connectivity index (χ2v) is 5.02. The first-order chi connectivity index (χ1) is 10.6. The smallest absolute Gasteiger partial charge is 0.337 e. The number of ether oxygens (including phenoxy) is 1. The lowest BCUT2D eigenvalue weighted by molar-refractivity contribution is 0.0600. The highest BCUT2D eigenvalue weighted by molar-refractivity contribution is 5.93. The molecule has 1 aliphatic heterocycles. The van der Waals surface area contributed by atoms with Gasteiger partial charge in [-0.15, -0.1) is 0 Å². The number of nitrogens with one attached hydrogen (secondary N) is 1. The maximum Gasteiger partial charge on any atom is 0.337 e. The fourth-order valence-electron chi connectivity index (χ4n) is 2.62. The van der Waals surface area contributed by atoms with Gasteiger partial charge in [0.15, 0.2) is 5.69 Å². The largest absolute Gasteiger partial charge is 0.465 e. The van der Waals surface area contributed by atoms with Crippen molar-refractivity contribution in [2.75, 3.05) is 13.7 Å². The highest BCUT2D eigenvalue weighted by atomic mass is 16.5. The lowest BCUT2D eigenvalue weighted by atomic mass is 10.1. The van der Waals surface area contributed by atoms with E-state index < -0.39 is 11.9 Å². The van der Waals surface area contributed by atoms with Gasteiger partial charge in [0.2, 0.25) is 0 Å². The summed E-state index contributed by atoms with van der Waals surface area (Å²) < 4.78 is 6.40. The van der Waals surface area contributed by atoms with Crippen LogP contribution < -0.4 is 11.1 Å². The fourth-order valence-corrected chi connectivity index (χ4v) is 2.62. The topological polar surface area (TPSA) is 99.2 Å². The monoisotopic (exact) mass is 300 g/mol. The molecule has 1 aliphatic rings. The lowest BCUT2D eigenvalue weighted by Gasteiger charge is -2.15. The van der Waals surface area contributed by atoms with Crippen molar-refractivity contribution in [2.45, 2.75) is 13.0 Å². The van der Waals surface area contributed by atoms with E-state index in [1.807, 2.05) is 0 Å². The summed E-state index contributed by atoms with van der Waals surface area (Å²) in [7, 11) is 1.34. The Balaban J connectivity index is 2.04. The van der Waals surface area contributed by atoms with Crippen molar-refractivity contribution >= 4 is 11.9 Å². The molecule has 1 amide bonds. The third-order valence-electron chi connectivity index (χ3n) is 3.70. The minimum atomic E-state index is -0.537. The third-order valence-corrected chi connectivity index (χ3v) is 3.70. The summed E-state index contributed by atoms with van der Waals surface area (Å²) in [5.41, 5.74) is 8.75. The molecular formula is C15H16N4O3. The Morgan fingerprint density at radius 3 is 2.68 bits per heavy atom. The van der Waals surface area contributed by atoms with Gasteiger partial charge in [0.25, 0.3) is 5.91 Å². The zero-order chi connectivity index (χ0) is 15.7. The van der Waals surface area contributed by atoms with Crippen LogP contribution >= 0.6 is 0 Å². The number of carbonyl (C=O) groups is 2. The summed E-state index contributed by atoms with van der Waals surface area (Å²) in [5.74, 6) is -0.930. The maximum absolute atomic E-state index is 11.6. The van der Waals surface area contributed by atoms with E-state index in [-0.39, 0.29) is 0 Å². The number of primary amides is 1. The van der Waals surface area contributed by atoms with Gasteiger partial charge in [0.05, 0.1) is 24.1 Å². The number of amides is 1. The summed E-state index contributed by atoms with van der Waals surface area (Å²) >= 11 is 0. The number of fused-ring (bicyclic) bond motifs is 1. The minimum Gasteiger partial charge on any atom is -0.465 e. The third kappa shape index (κ3) is 2.35. The molecule has 0 atom stereocenters. The molecule has 7 nitrogen and oxygen atoms in total. The van der Waals surface area contributed by atoms with E-state index in [4.69, 9.17) is 5.73 Å². The molecular weight excluding hydrogens is 284 g/mol. The highest BCUT2D eigenvalue weighted by Gasteiger charge is 2.24. The average molecular weight is 300 g/mol. The van der Waals surface area contributed by atoms with Gasteiger partial charge in [-0.2, -0.15) is 5.10 Å². The van der Waals surface area contributed by atoms with Gasteiger partial charge in [-0.25, -0.2) is 9.48 Å². The summed E-state index contributed by atoms with van der Waals surface area (Å²) in [5, 5.41) is 7.55. The molecule has 0 aliphatic carbocycles. The molecule has 2 aromatic rings. The number of hydrogen-bond donors (Lipinski definition) is 2. The first-order valence-corrected chi connectivity index (χ1v) is 6.92. The van der Waals surface area contributed by atoms with Gasteiger partial charge in [-0.3, -0.25) is 4.79 Å². The number of hydrogen-bond acceptors (Lipinski definition) is 5. The molecule has 0 radical (unpaired) electrons. The van der Waals surface area contributed by atoms with Crippen molar-refractivity contribution in [1.29, 1.82) is 0 Å². The van der Waals surface area contributed by atoms with E-state index in [1.165, 1.54) is 7.11 Å². The number of aromatic nitrogens is 2. The van der Waals surface area contributed by atoms with Gasteiger partial charge in [0.1, 0.15) is 0 Å². The zero-order valence-corrected chi connectivity index (χ0v) is 12.1. The quantitative estimate of drug-likeness (QED) is 0.800. The van der Waals surface area contributed by atoms with Gasteiger partial charge < -0.3 is 15.8 Å². The standard InChI is InChI=1S/C15H16N4O3/c1-22-15(21)9-2-4-10(5-3-9)19-12-6-7-17-8-11(12)13(18-19)14(16)20/h2-5,17H,6-8H2,1H3,(H2,16,20). The summed E-state index contributed by atoms with van der Waals surface area (Å²) in [6.45, 7) is 1.39. The van der Waals surface area contributed by atoms with E-state index in [1.54, 1.807) is 28.9 Å². The van der Waals surface area contributed by atoms with Gasteiger partial charge >= 0.3 is 5.97 Å². The molecule has 114 valence electrons. The molecule has 0 saturated heterocycles. The normalized spacial score (nSPS) is 13.5. The van der Waals surface area contributed by atoms with Crippen molar-refractivity contribution in [2.24, 2.45) is 5.73 Å². The minimum absolute atomic E-state index is 0.291. The van der Waals surface area contributed by atoms with E-state index in [0.29, 0.717) is 17.8 Å². The first kappa shape index (κ1) is 14.3. The Morgan fingerprint density at radius 1 is 1.32 bits per heavy atom. The lowest BCUT2D eigenvalue weighted by Crippen LogP contribution is -2.26. The van der Waals surface area contributed by atoms with Crippen LogP contribution in [0.1, 0.15) is 32.1 Å². The Labute approximate surface area is 127 Å². The molecule has 2 heterocycles. The maximum atomic E-state index is 11.6. The van der Waals surface area contributed by atoms with Crippen LogP contribution in [-0.4, -0.2) is 35.3 Å². The predicted octanol–water partition coefficient (Wildman–Crippen LogP) is 0.403. The number of rotatable bonds is 3. The van der Waals surface area contributed by atoms with Gasteiger partial charge in [0, 0.05) is 25.1 Å². The van der Waals surface area contributed by atoms with Crippen LogP contribution in [0.5, 0.6) is 0 Å². The number of nitrogens with two attached hydrogens (primary N) is 1. The van der Waals surface area contributed by atoms with Gasteiger partial charge in [-0.05, 0) is 24.3 Å². The molecule has 22 heavy (non-hydrogen) atoms. The molecule has 1 aromatic heterocycles. The number of carbonyl (C=O) groups excluding carboxylic acids is 2. The molecule has 0 spiro atoms. The van der Waals surface area contributed by atoms with Crippen LogP contribution in [0.4, 0.5) is 0 Å². The molecule has 3 rings (SSSR count). The van der Waals surface area contributed by atoms with E-state index in [0.717, 1.165) is 29.9 Å². The Morgan fingerprint density at radius 2 is 2.05 bits per heavy atom. The van der Waals surface area contributed by atoms with Crippen LogP contribution in [0.15, 0.2) is 24.3 Å². The number of methoxy groups -OCH3 is 1. The molecule has 7 heteroatoms. The second-order valence-electron chi connectivity index (χ2n) is 5.02. The summed E-state index contributed by atoms with van der Waals surface area (Å²) in [6.07, 6.45) is 0.758. The van der Waals surface area contributed by atoms with Crippen LogP contribution in [-0.2, 0) is 17.7 Å². The summed E-state index contributed by atoms with van der Waals surface area (Å²) in [4.78, 5) is 23.0. The van der Waals surface area contributed by atoms with Crippen LogP contribution in [0, 0.1) is 0 Å². The number of esters is 1. The molecule has 0 fully saturated rings. The fraction of sp³-hybridized carbons (Fsp3) is 0.267. The Kier molecular flexibility index (Phi) is 3.64. The highest BCUT2D eigenvalue weighted by Crippen LogP contribution is 2.22. The predicted molar refractivity (Wildman–Crippen MR) is 78.8 cm³/mol. The molecule has 0 bridgehead atoms. The van der Waals surface area contributed by atoms with Crippen molar-refractivity contribution in [1.82, 2.24) is 15.1 Å².